The van der Waals surface area contributed by atoms with Gasteiger partial charge in [-0.2, -0.15) is 0 Å². The Kier molecular flexibility index (Phi) is 7.51. The van der Waals surface area contributed by atoms with Gasteiger partial charge in [-0.05, 0) is 95.7 Å². The Morgan fingerprint density at radius 1 is 0.345 bits per heavy atom. The van der Waals surface area contributed by atoms with Crippen molar-refractivity contribution in [2.75, 3.05) is 4.90 Å². The Balaban J connectivity index is 1.12. The van der Waals surface area contributed by atoms with Gasteiger partial charge >= 0.3 is 0 Å². The molecule has 9 aromatic rings. The highest BCUT2D eigenvalue weighted by atomic mass is 32.2. The Labute approximate surface area is 327 Å². The minimum absolute atomic E-state index is 1.12. The normalized spacial score (nSPS) is 13.2. The van der Waals surface area contributed by atoms with Crippen LogP contribution < -0.4 is 25.6 Å². The van der Waals surface area contributed by atoms with E-state index in [1.54, 1.807) is 0 Å². The second-order valence-electron chi connectivity index (χ2n) is 14.4. The van der Waals surface area contributed by atoms with Gasteiger partial charge in [0.1, 0.15) is 0 Å². The fraction of sp³-hybridized carbons (Fsp3) is 0. The summed E-state index contributed by atoms with van der Waals surface area (Å²) in [5, 5.41) is 8.48. The Morgan fingerprint density at radius 2 is 0.891 bits per heavy atom. The molecule has 0 bridgehead atoms. The summed E-state index contributed by atoms with van der Waals surface area (Å²) in [4.78, 5) is 5.16. The molecule has 55 heavy (non-hydrogen) atoms. The van der Waals surface area contributed by atoms with Crippen LogP contribution in [0.25, 0.3) is 44.2 Å². The average molecular weight is 734 g/mol. The van der Waals surface area contributed by atoms with Crippen LogP contribution in [0.5, 0.6) is 0 Å². The topological polar surface area (TPSA) is 3.24 Å². The Morgan fingerprint density at radius 3 is 1.67 bits per heavy atom. The van der Waals surface area contributed by atoms with Crippen LogP contribution in [0.15, 0.2) is 222 Å². The van der Waals surface area contributed by atoms with Crippen molar-refractivity contribution in [3.8, 4) is 33.4 Å². The SMILES string of the molecule is c1ccc(-c2ccccc2N(c2ccc(-c3cccc4ccccc34)cc2)c2ccc3c(c2)Sc2ccccc2[Si]32c3ccccc3-c3ccccc32)cc1. The molecule has 9 aromatic carbocycles. The molecular formula is C52H35NSSi. The number of hydrogen-bond acceptors (Lipinski definition) is 2. The fourth-order valence-corrected chi connectivity index (χ4v) is 16.6. The van der Waals surface area contributed by atoms with Gasteiger partial charge in [0.05, 0.1) is 5.69 Å². The van der Waals surface area contributed by atoms with Crippen LogP contribution >= 0.6 is 11.8 Å². The van der Waals surface area contributed by atoms with Gasteiger partial charge < -0.3 is 4.90 Å². The maximum Gasteiger partial charge on any atom is 0.183 e. The van der Waals surface area contributed by atoms with E-state index in [2.05, 4.69) is 217 Å². The molecule has 2 heterocycles. The molecule has 3 heteroatoms. The standard InChI is InChI=1S/C52H35NSSi/c1-2-15-37(16-3-1)43-20-6-9-24-46(43)53(39-31-29-38(30-32-39)42-23-14-18-36-17-4-5-19-41(36)42)40-33-34-52-48(35-40)54-47-25-10-13-28-51(47)55(52)49-26-11-7-21-44(49)45-22-8-12-27-50(45)55/h1-35H. The summed E-state index contributed by atoms with van der Waals surface area (Å²) in [5.41, 5.74) is 11.0. The summed E-state index contributed by atoms with van der Waals surface area (Å²) >= 11 is 1.92. The molecule has 0 fully saturated rings. The van der Waals surface area contributed by atoms with Gasteiger partial charge in [0.15, 0.2) is 8.07 Å². The molecule has 1 spiro atoms. The van der Waals surface area contributed by atoms with Crippen molar-refractivity contribution in [3.63, 3.8) is 0 Å². The van der Waals surface area contributed by atoms with Crippen molar-refractivity contribution in [1.29, 1.82) is 0 Å². The van der Waals surface area contributed by atoms with Gasteiger partial charge in [0, 0.05) is 26.7 Å². The number of para-hydroxylation sites is 1. The van der Waals surface area contributed by atoms with E-state index in [4.69, 9.17) is 0 Å². The van der Waals surface area contributed by atoms with Crippen LogP contribution in [-0.4, -0.2) is 8.07 Å². The quantitative estimate of drug-likeness (QED) is 0.162. The third-order valence-electron chi connectivity index (χ3n) is 11.5. The Bertz CT molecular complexity index is 2870. The smallest absolute Gasteiger partial charge is 0.183 e. The molecule has 0 N–H and O–H groups in total. The van der Waals surface area contributed by atoms with Crippen molar-refractivity contribution in [2.24, 2.45) is 0 Å². The van der Waals surface area contributed by atoms with Crippen LogP contribution in [0.1, 0.15) is 0 Å². The molecule has 0 amide bonds. The van der Waals surface area contributed by atoms with Gasteiger partial charge in [0.25, 0.3) is 0 Å². The Hall–Kier alpha value is -6.39. The molecule has 0 atom stereocenters. The van der Waals surface area contributed by atoms with E-state index in [-0.39, 0.29) is 0 Å². The molecule has 11 rings (SSSR count). The summed E-state index contributed by atoms with van der Waals surface area (Å²) in [5.74, 6) is 0. The molecule has 1 nitrogen and oxygen atoms in total. The van der Waals surface area contributed by atoms with Gasteiger partial charge in [-0.1, -0.05) is 188 Å². The van der Waals surface area contributed by atoms with Gasteiger partial charge in [-0.25, -0.2) is 0 Å². The highest BCUT2D eigenvalue weighted by Gasteiger charge is 2.52. The van der Waals surface area contributed by atoms with Crippen molar-refractivity contribution in [3.05, 3.63) is 212 Å². The van der Waals surface area contributed by atoms with E-state index in [1.165, 1.54) is 74.7 Å². The largest absolute Gasteiger partial charge is 0.310 e. The van der Waals surface area contributed by atoms with E-state index >= 15 is 0 Å². The maximum absolute atomic E-state index is 2.59. The predicted molar refractivity (Wildman–Crippen MR) is 236 cm³/mol. The number of rotatable bonds is 5. The van der Waals surface area contributed by atoms with E-state index in [0.29, 0.717) is 0 Å². The predicted octanol–water partition coefficient (Wildman–Crippen LogP) is 11.5. The molecule has 2 aliphatic heterocycles. The highest BCUT2D eigenvalue weighted by Crippen LogP contribution is 2.45. The number of hydrogen-bond donors (Lipinski definition) is 0. The zero-order valence-electron chi connectivity index (χ0n) is 30.1. The molecule has 0 saturated carbocycles. The van der Waals surface area contributed by atoms with Crippen LogP contribution in [0.3, 0.4) is 0 Å². The van der Waals surface area contributed by atoms with Crippen molar-refractivity contribution >= 4 is 68.4 Å². The third-order valence-corrected chi connectivity index (χ3v) is 18.0. The first-order valence-corrected chi connectivity index (χ1v) is 21.7. The van der Waals surface area contributed by atoms with E-state index in [9.17, 15) is 0 Å². The first-order valence-electron chi connectivity index (χ1n) is 18.9. The number of fused-ring (bicyclic) bond motifs is 10. The summed E-state index contributed by atoms with van der Waals surface area (Å²) < 4.78 is 0. The lowest BCUT2D eigenvalue weighted by Crippen LogP contribution is -2.74. The number of nitrogens with zero attached hydrogens (tertiary/aromatic N) is 1. The lowest BCUT2D eigenvalue weighted by Gasteiger charge is -2.38. The average Bonchev–Trinajstić information content (AvgIpc) is 3.55. The summed E-state index contributed by atoms with van der Waals surface area (Å²) in [6.45, 7) is 0. The molecule has 0 saturated heterocycles. The van der Waals surface area contributed by atoms with E-state index in [1.807, 2.05) is 11.8 Å². The maximum atomic E-state index is 2.47. The molecule has 0 unspecified atom stereocenters. The lowest BCUT2D eigenvalue weighted by atomic mass is 9.97. The second kappa shape index (κ2) is 12.9. The van der Waals surface area contributed by atoms with Gasteiger partial charge in [0.2, 0.25) is 0 Å². The molecular weight excluding hydrogens is 699 g/mol. The molecule has 0 aromatic heterocycles. The van der Waals surface area contributed by atoms with Crippen molar-refractivity contribution in [1.82, 2.24) is 0 Å². The summed E-state index contributed by atoms with van der Waals surface area (Å²) in [6.07, 6.45) is 0. The van der Waals surface area contributed by atoms with Gasteiger partial charge in [-0.3, -0.25) is 0 Å². The van der Waals surface area contributed by atoms with E-state index in [0.717, 1.165) is 17.1 Å². The van der Waals surface area contributed by atoms with Crippen LogP contribution in [-0.2, 0) is 0 Å². The third kappa shape index (κ3) is 4.94. The van der Waals surface area contributed by atoms with E-state index < -0.39 is 8.07 Å². The number of anilines is 3. The zero-order chi connectivity index (χ0) is 36.3. The minimum Gasteiger partial charge on any atom is -0.310 e. The summed E-state index contributed by atoms with van der Waals surface area (Å²) in [6, 6.07) is 78.9. The fourth-order valence-electron chi connectivity index (χ4n) is 9.21. The van der Waals surface area contributed by atoms with Crippen molar-refractivity contribution in [2.45, 2.75) is 9.79 Å². The zero-order valence-corrected chi connectivity index (χ0v) is 31.9. The lowest BCUT2D eigenvalue weighted by molar-refractivity contribution is 1.26. The van der Waals surface area contributed by atoms with Gasteiger partial charge in [-0.15, -0.1) is 0 Å². The second-order valence-corrected chi connectivity index (χ2v) is 19.2. The first kappa shape index (κ1) is 32.1. The molecule has 258 valence electrons. The van der Waals surface area contributed by atoms with Crippen LogP contribution in [0.2, 0.25) is 0 Å². The highest BCUT2D eigenvalue weighted by molar-refractivity contribution is 8.00. The molecule has 2 aliphatic rings. The number of benzene rings is 9. The summed E-state index contributed by atoms with van der Waals surface area (Å²) in [7, 11) is -2.59. The van der Waals surface area contributed by atoms with Crippen molar-refractivity contribution < 1.29 is 0 Å². The minimum atomic E-state index is -2.59. The molecule has 0 radical (unpaired) electrons. The molecule has 0 aliphatic carbocycles. The van der Waals surface area contributed by atoms with Crippen LogP contribution in [0.4, 0.5) is 17.1 Å². The first-order chi connectivity index (χ1) is 27.3. The monoisotopic (exact) mass is 733 g/mol. The van der Waals surface area contributed by atoms with Crippen LogP contribution in [0, 0.1) is 0 Å².